The quantitative estimate of drug-likeness (QED) is 0.838. The van der Waals surface area contributed by atoms with Crippen LogP contribution in [-0.4, -0.2) is 17.5 Å². The Morgan fingerprint density at radius 2 is 1.83 bits per heavy atom. The summed E-state index contributed by atoms with van der Waals surface area (Å²) in [5, 5.41) is 9.35. The summed E-state index contributed by atoms with van der Waals surface area (Å²) >= 11 is 0. The van der Waals surface area contributed by atoms with Crippen LogP contribution in [0, 0.1) is 0 Å². The molecule has 0 aliphatic heterocycles. The third-order valence-corrected chi connectivity index (χ3v) is 2.54. The summed E-state index contributed by atoms with van der Waals surface area (Å²) < 4.78 is 5.31. The van der Waals surface area contributed by atoms with Gasteiger partial charge < -0.3 is 9.84 Å². The van der Waals surface area contributed by atoms with Gasteiger partial charge in [0.1, 0.15) is 11.5 Å². The van der Waals surface area contributed by atoms with Crippen molar-refractivity contribution in [3.05, 3.63) is 59.7 Å². The summed E-state index contributed by atoms with van der Waals surface area (Å²) in [5.74, 6) is 0.714. The predicted octanol–water partition coefficient (Wildman–Crippen LogP) is 3.02. The fourth-order valence-corrected chi connectivity index (χ4v) is 1.68. The minimum absolute atomic E-state index is 0.0896. The van der Waals surface area contributed by atoms with Gasteiger partial charge in [0, 0.05) is 11.1 Å². The molecule has 92 valence electrons. The van der Waals surface area contributed by atoms with Crippen molar-refractivity contribution in [3.63, 3.8) is 0 Å². The lowest BCUT2D eigenvalue weighted by atomic mass is 10.0. The van der Waals surface area contributed by atoms with E-state index in [9.17, 15) is 9.90 Å². The highest BCUT2D eigenvalue weighted by atomic mass is 16.5. The second kappa shape index (κ2) is 5.36. The number of ether oxygens (including phenoxy) is 1. The van der Waals surface area contributed by atoms with Crippen molar-refractivity contribution in [2.75, 3.05) is 6.61 Å². The summed E-state index contributed by atoms with van der Waals surface area (Å²) in [6, 6.07) is 13.3. The van der Waals surface area contributed by atoms with Crippen LogP contribution in [0.2, 0.25) is 0 Å². The molecule has 3 nitrogen and oxygen atoms in total. The van der Waals surface area contributed by atoms with Crippen molar-refractivity contribution in [1.29, 1.82) is 0 Å². The average molecular weight is 242 g/mol. The second-order valence-corrected chi connectivity index (χ2v) is 3.84. The topological polar surface area (TPSA) is 46.5 Å². The first-order valence-corrected chi connectivity index (χ1v) is 5.77. The monoisotopic (exact) mass is 242 g/mol. The Kier molecular flexibility index (Phi) is 3.63. The van der Waals surface area contributed by atoms with Gasteiger partial charge in [-0.1, -0.05) is 12.1 Å². The highest BCUT2D eigenvalue weighted by Crippen LogP contribution is 2.17. The summed E-state index contributed by atoms with van der Waals surface area (Å²) in [7, 11) is 0. The zero-order chi connectivity index (χ0) is 13.0. The minimum Gasteiger partial charge on any atom is -0.508 e. The third kappa shape index (κ3) is 2.69. The molecular weight excluding hydrogens is 228 g/mol. The van der Waals surface area contributed by atoms with Crippen molar-refractivity contribution in [2.45, 2.75) is 6.92 Å². The van der Waals surface area contributed by atoms with Crippen LogP contribution >= 0.6 is 0 Å². The zero-order valence-electron chi connectivity index (χ0n) is 10.1. The lowest BCUT2D eigenvalue weighted by molar-refractivity contribution is 0.103. The summed E-state index contributed by atoms with van der Waals surface area (Å²) in [4.78, 5) is 12.1. The van der Waals surface area contributed by atoms with Gasteiger partial charge in [-0.05, 0) is 43.3 Å². The van der Waals surface area contributed by atoms with E-state index in [0.29, 0.717) is 17.7 Å². The van der Waals surface area contributed by atoms with Crippen molar-refractivity contribution in [2.24, 2.45) is 0 Å². The van der Waals surface area contributed by atoms with Gasteiger partial charge in [-0.25, -0.2) is 0 Å². The second-order valence-electron chi connectivity index (χ2n) is 3.84. The van der Waals surface area contributed by atoms with Crippen molar-refractivity contribution in [1.82, 2.24) is 0 Å². The number of aromatic hydroxyl groups is 1. The van der Waals surface area contributed by atoms with E-state index in [1.807, 2.05) is 6.92 Å². The standard InChI is InChI=1S/C15H14O3/c1-2-18-14-8-6-11(7-9-14)15(17)12-4-3-5-13(16)10-12/h3-10,16H,2H2,1H3. The van der Waals surface area contributed by atoms with E-state index < -0.39 is 0 Å². The van der Waals surface area contributed by atoms with Crippen LogP contribution in [0.5, 0.6) is 11.5 Å². The van der Waals surface area contributed by atoms with Crippen LogP contribution < -0.4 is 4.74 Å². The average Bonchev–Trinajstić information content (AvgIpc) is 2.39. The Bertz CT molecular complexity index is 544. The number of hydrogen-bond donors (Lipinski definition) is 1. The van der Waals surface area contributed by atoms with Gasteiger partial charge in [0.2, 0.25) is 0 Å². The Morgan fingerprint density at radius 1 is 1.11 bits per heavy atom. The molecule has 0 saturated heterocycles. The normalized spacial score (nSPS) is 10.1. The van der Waals surface area contributed by atoms with E-state index in [1.54, 1.807) is 36.4 Å². The van der Waals surface area contributed by atoms with Crippen molar-refractivity contribution >= 4 is 5.78 Å². The SMILES string of the molecule is CCOc1ccc(C(=O)c2cccc(O)c2)cc1. The molecule has 0 saturated carbocycles. The van der Waals surface area contributed by atoms with Gasteiger partial charge in [-0.2, -0.15) is 0 Å². The lowest BCUT2D eigenvalue weighted by Gasteiger charge is -2.05. The van der Waals surface area contributed by atoms with Crippen LogP contribution in [0.4, 0.5) is 0 Å². The molecule has 2 rings (SSSR count). The van der Waals surface area contributed by atoms with E-state index in [1.165, 1.54) is 12.1 Å². The van der Waals surface area contributed by atoms with Crippen molar-refractivity contribution in [3.8, 4) is 11.5 Å². The first-order chi connectivity index (χ1) is 8.70. The molecule has 0 amide bonds. The van der Waals surface area contributed by atoms with E-state index in [4.69, 9.17) is 4.74 Å². The summed E-state index contributed by atoms with van der Waals surface area (Å²) in [6.45, 7) is 2.51. The third-order valence-electron chi connectivity index (χ3n) is 2.54. The molecule has 2 aromatic carbocycles. The lowest BCUT2D eigenvalue weighted by Crippen LogP contribution is -2.01. The number of benzene rings is 2. The number of rotatable bonds is 4. The van der Waals surface area contributed by atoms with Crippen LogP contribution in [-0.2, 0) is 0 Å². The van der Waals surface area contributed by atoms with E-state index in [2.05, 4.69) is 0 Å². The molecular formula is C15H14O3. The fourth-order valence-electron chi connectivity index (χ4n) is 1.68. The molecule has 0 unspecified atom stereocenters. The van der Waals surface area contributed by atoms with Gasteiger partial charge in [-0.15, -0.1) is 0 Å². The largest absolute Gasteiger partial charge is 0.508 e. The van der Waals surface area contributed by atoms with Crippen LogP contribution in [0.3, 0.4) is 0 Å². The Balaban J connectivity index is 2.23. The molecule has 0 atom stereocenters. The molecule has 0 aliphatic rings. The number of phenolic OH excluding ortho intramolecular Hbond substituents is 1. The first-order valence-electron chi connectivity index (χ1n) is 5.77. The highest BCUT2D eigenvalue weighted by Gasteiger charge is 2.09. The number of carbonyl (C=O) groups excluding carboxylic acids is 1. The van der Waals surface area contributed by atoms with Gasteiger partial charge in [-0.3, -0.25) is 4.79 Å². The number of phenols is 1. The molecule has 0 heterocycles. The maximum atomic E-state index is 12.1. The molecule has 0 fully saturated rings. The Morgan fingerprint density at radius 3 is 2.44 bits per heavy atom. The molecule has 2 aromatic rings. The molecule has 0 aliphatic carbocycles. The van der Waals surface area contributed by atoms with Crippen molar-refractivity contribution < 1.29 is 14.6 Å². The molecule has 0 radical (unpaired) electrons. The van der Waals surface area contributed by atoms with E-state index in [0.717, 1.165) is 5.75 Å². The first kappa shape index (κ1) is 12.2. The van der Waals surface area contributed by atoms with Crippen LogP contribution in [0.1, 0.15) is 22.8 Å². The molecule has 1 N–H and O–H groups in total. The van der Waals surface area contributed by atoms with Gasteiger partial charge in [0.15, 0.2) is 5.78 Å². The van der Waals surface area contributed by atoms with E-state index >= 15 is 0 Å². The maximum absolute atomic E-state index is 12.1. The molecule has 3 heteroatoms. The summed E-state index contributed by atoms with van der Waals surface area (Å²) in [5.41, 5.74) is 1.04. The van der Waals surface area contributed by atoms with Crippen LogP contribution in [0.25, 0.3) is 0 Å². The number of hydrogen-bond acceptors (Lipinski definition) is 3. The molecule has 18 heavy (non-hydrogen) atoms. The Labute approximate surface area is 106 Å². The number of carbonyl (C=O) groups is 1. The smallest absolute Gasteiger partial charge is 0.193 e. The molecule has 0 aromatic heterocycles. The summed E-state index contributed by atoms with van der Waals surface area (Å²) in [6.07, 6.45) is 0. The van der Waals surface area contributed by atoms with Crippen LogP contribution in [0.15, 0.2) is 48.5 Å². The molecule has 0 spiro atoms. The predicted molar refractivity (Wildman–Crippen MR) is 69.2 cm³/mol. The number of ketones is 1. The maximum Gasteiger partial charge on any atom is 0.193 e. The van der Waals surface area contributed by atoms with E-state index in [-0.39, 0.29) is 11.5 Å². The highest BCUT2D eigenvalue weighted by molar-refractivity contribution is 6.09. The van der Waals surface area contributed by atoms with Gasteiger partial charge in [0.25, 0.3) is 0 Å². The zero-order valence-corrected chi connectivity index (χ0v) is 10.1. The fraction of sp³-hybridized carbons (Fsp3) is 0.133. The minimum atomic E-state index is -0.117. The Hall–Kier alpha value is -2.29. The molecule has 0 bridgehead atoms. The van der Waals surface area contributed by atoms with Gasteiger partial charge >= 0.3 is 0 Å². The van der Waals surface area contributed by atoms with Gasteiger partial charge in [0.05, 0.1) is 6.61 Å².